The van der Waals surface area contributed by atoms with Crippen molar-refractivity contribution in [1.82, 2.24) is 0 Å². The number of rotatable bonds is 7. The third-order valence-electron chi connectivity index (χ3n) is 1.68. The average Bonchev–Trinajstić information content (AvgIpc) is 2.44. The lowest BCUT2D eigenvalue weighted by molar-refractivity contribution is -0.107. The number of ether oxygens (including phenoxy) is 4. The summed E-state index contributed by atoms with van der Waals surface area (Å²) < 4.78 is 19.2. The maximum Gasteiger partial charge on any atom is 0.166 e. The molecule has 168 valence electrons. The lowest BCUT2D eigenvalue weighted by atomic mass is 10.5. The van der Waals surface area contributed by atoms with Crippen LogP contribution < -0.4 is 0 Å². The van der Waals surface area contributed by atoms with Crippen molar-refractivity contribution in [1.29, 1.82) is 0 Å². The van der Waals surface area contributed by atoms with E-state index in [4.69, 9.17) is 18.9 Å². The van der Waals surface area contributed by atoms with Gasteiger partial charge in [0.15, 0.2) is 12.6 Å². The van der Waals surface area contributed by atoms with Crippen LogP contribution in [-0.4, -0.2) is 52.6 Å². The van der Waals surface area contributed by atoms with Gasteiger partial charge in [0.05, 0.1) is 5.33 Å². The van der Waals surface area contributed by atoms with Gasteiger partial charge in [0.2, 0.25) is 0 Å². The average molecular weight is 464 g/mol. The Labute approximate surface area is 176 Å². The van der Waals surface area contributed by atoms with E-state index >= 15 is 0 Å². The Hall–Kier alpha value is 0.280. The van der Waals surface area contributed by atoms with Gasteiger partial charge < -0.3 is 23.7 Å². The number of halogens is 2. The van der Waals surface area contributed by atoms with Gasteiger partial charge in [-0.05, 0) is 6.42 Å². The summed E-state index contributed by atoms with van der Waals surface area (Å²) in [4.78, 5) is 9.17. The molecule has 0 amide bonds. The van der Waals surface area contributed by atoms with Gasteiger partial charge in [-0.1, -0.05) is 74.3 Å². The zero-order chi connectivity index (χ0) is 14.8. The summed E-state index contributed by atoms with van der Waals surface area (Å²) >= 11 is 3.19. The molecule has 0 aliphatic rings. The zero-order valence-electron chi connectivity index (χ0n) is 12.7. The first-order chi connectivity index (χ1) is 8.61. The van der Waals surface area contributed by atoms with Crippen molar-refractivity contribution in [2.75, 3.05) is 33.8 Å². The number of aldehydes is 1. The predicted octanol–water partition coefficient (Wildman–Crippen LogP) is 6.85. The first-order valence-corrected chi connectivity index (χ1v) is 6.84. The molecule has 0 spiro atoms. The largest absolute Gasteiger partial charge is 0.356 e. The third kappa shape index (κ3) is 68.3. The lowest BCUT2D eigenvalue weighted by Crippen LogP contribution is -2.13. The molecule has 0 saturated carbocycles. The van der Waals surface area contributed by atoms with Crippen LogP contribution in [-0.2, 0) is 23.7 Å². The van der Waals surface area contributed by atoms with E-state index in [1.54, 1.807) is 28.4 Å². The van der Waals surface area contributed by atoms with Gasteiger partial charge in [0.25, 0.3) is 0 Å². The van der Waals surface area contributed by atoms with Crippen molar-refractivity contribution in [2.24, 2.45) is 0 Å². The molecule has 0 atom stereocenters. The highest BCUT2D eigenvalue weighted by atomic mass is 79.9. The van der Waals surface area contributed by atoms with E-state index in [9.17, 15) is 4.79 Å². The highest BCUT2D eigenvalue weighted by Gasteiger charge is 1.98. The second-order valence-electron chi connectivity index (χ2n) is 2.94. The molecule has 0 bridgehead atoms. The summed E-state index contributed by atoms with van der Waals surface area (Å²) in [6.07, 6.45) is 2.31. The van der Waals surface area contributed by atoms with Gasteiger partial charge in [-0.2, -0.15) is 0 Å². The second-order valence-corrected chi connectivity index (χ2v) is 3.59. The standard InChI is InChI=1S/C5H12O2.C4H9BrO2.C3H6O.6CH4.ClH/c1-4-5(6-2)7-3;1-6-4(3-5)7-2;1-2-3-4;;;;;;;/h5H,4H2,1-3H3;4H,3H2,1-2H3;3H,2H2,1H3;6*1H4;1H. The number of carbonyl (C=O) groups excluding carboxylic acids is 1. The van der Waals surface area contributed by atoms with E-state index in [0.717, 1.165) is 18.0 Å². The van der Waals surface area contributed by atoms with Crippen molar-refractivity contribution < 1.29 is 23.7 Å². The Bertz CT molecular complexity index is 124. The van der Waals surface area contributed by atoms with Crippen LogP contribution in [0.1, 0.15) is 71.2 Å². The molecule has 7 heteroatoms. The van der Waals surface area contributed by atoms with Crippen LogP contribution in [0.15, 0.2) is 0 Å². The van der Waals surface area contributed by atoms with Crippen molar-refractivity contribution in [3.63, 3.8) is 0 Å². The van der Waals surface area contributed by atoms with Crippen LogP contribution in [0.4, 0.5) is 0 Å². The van der Waals surface area contributed by atoms with Gasteiger partial charge in [0.1, 0.15) is 6.29 Å². The first kappa shape index (κ1) is 63.8. The van der Waals surface area contributed by atoms with Crippen molar-refractivity contribution >= 4 is 34.6 Å². The number of carbonyl (C=O) groups is 1. The molecule has 0 radical (unpaired) electrons. The highest BCUT2D eigenvalue weighted by molar-refractivity contribution is 9.09. The van der Waals surface area contributed by atoms with Crippen LogP contribution in [0.5, 0.6) is 0 Å². The van der Waals surface area contributed by atoms with E-state index in [0.29, 0.717) is 6.42 Å². The fourth-order valence-electron chi connectivity index (χ4n) is 0.652. The molecule has 0 aliphatic heterocycles. The summed E-state index contributed by atoms with van der Waals surface area (Å²) in [7, 11) is 6.49. The summed E-state index contributed by atoms with van der Waals surface area (Å²) in [5.41, 5.74) is 0. The van der Waals surface area contributed by atoms with Gasteiger partial charge in [0, 0.05) is 34.9 Å². The molecule has 0 fully saturated rings. The van der Waals surface area contributed by atoms with Crippen molar-refractivity contribution in [2.45, 2.75) is 83.8 Å². The van der Waals surface area contributed by atoms with Gasteiger partial charge in [-0.15, -0.1) is 12.4 Å². The quantitative estimate of drug-likeness (QED) is 0.235. The molecule has 0 aromatic rings. The molecule has 0 unspecified atom stereocenters. The van der Waals surface area contributed by atoms with Crippen LogP contribution in [0, 0.1) is 0 Å². The molecule has 0 aromatic heterocycles. The molecular weight excluding hydrogens is 412 g/mol. The third-order valence-corrected chi connectivity index (χ3v) is 2.21. The topological polar surface area (TPSA) is 54.0 Å². The highest BCUT2D eigenvalue weighted by Crippen LogP contribution is 1.94. The molecule has 0 aromatic carbocycles. The van der Waals surface area contributed by atoms with Crippen LogP contribution in [0.25, 0.3) is 0 Å². The molecule has 25 heavy (non-hydrogen) atoms. The SMILES string of the molecule is C.C.C.C.C.C.CCC(OC)OC.CCC=O.COC(CBr)OC.Cl. The molecule has 0 rings (SSSR count). The molecule has 0 saturated heterocycles. The molecular formula is C18H52BrClO5. The zero-order valence-corrected chi connectivity index (χ0v) is 15.1. The van der Waals surface area contributed by atoms with E-state index in [2.05, 4.69) is 15.9 Å². The van der Waals surface area contributed by atoms with Crippen LogP contribution in [0.3, 0.4) is 0 Å². The van der Waals surface area contributed by atoms with Gasteiger partial charge >= 0.3 is 0 Å². The van der Waals surface area contributed by atoms with E-state index in [-0.39, 0.29) is 69.5 Å². The number of hydrogen-bond donors (Lipinski definition) is 0. The van der Waals surface area contributed by atoms with Crippen LogP contribution in [0.2, 0.25) is 0 Å². The maximum absolute atomic E-state index is 9.17. The summed E-state index contributed by atoms with van der Waals surface area (Å²) in [6, 6.07) is 0. The fourth-order valence-corrected chi connectivity index (χ4v) is 1.18. The maximum atomic E-state index is 9.17. The minimum atomic E-state index is -0.0972. The number of methoxy groups -OCH3 is 4. The Morgan fingerprint density at radius 1 is 0.760 bits per heavy atom. The molecule has 5 nitrogen and oxygen atoms in total. The Balaban J connectivity index is -0.0000000152. The lowest BCUT2D eigenvalue weighted by Gasteiger charge is -2.08. The minimum Gasteiger partial charge on any atom is -0.356 e. The van der Waals surface area contributed by atoms with Crippen LogP contribution >= 0.6 is 28.3 Å². The summed E-state index contributed by atoms with van der Waals surface area (Å²) in [5, 5.41) is 0.722. The first-order valence-electron chi connectivity index (χ1n) is 5.72. The second kappa shape index (κ2) is 64.5. The predicted molar refractivity (Wildman–Crippen MR) is 124 cm³/mol. The van der Waals surface area contributed by atoms with Gasteiger partial charge in [-0.25, -0.2) is 0 Å². The fraction of sp³-hybridized carbons (Fsp3) is 0.944. The summed E-state index contributed by atoms with van der Waals surface area (Å²) in [6.45, 7) is 3.82. The minimum absolute atomic E-state index is 0. The van der Waals surface area contributed by atoms with E-state index < -0.39 is 0 Å². The Morgan fingerprint density at radius 3 is 1.00 bits per heavy atom. The number of hydrogen-bond acceptors (Lipinski definition) is 5. The molecule has 0 heterocycles. The number of alkyl halides is 1. The normalized spacial score (nSPS) is 6.76. The van der Waals surface area contributed by atoms with E-state index in [1.165, 1.54) is 0 Å². The Kier molecular flexibility index (Phi) is 165. The monoisotopic (exact) mass is 462 g/mol. The smallest absolute Gasteiger partial charge is 0.166 e. The van der Waals surface area contributed by atoms with Crippen molar-refractivity contribution in [3.8, 4) is 0 Å². The Morgan fingerprint density at radius 2 is 1.00 bits per heavy atom. The van der Waals surface area contributed by atoms with E-state index in [1.807, 2.05) is 13.8 Å². The van der Waals surface area contributed by atoms with Crippen molar-refractivity contribution in [3.05, 3.63) is 0 Å². The summed E-state index contributed by atoms with van der Waals surface area (Å²) in [5.74, 6) is 0. The van der Waals surface area contributed by atoms with Gasteiger partial charge in [-0.3, -0.25) is 0 Å². The molecule has 0 N–H and O–H groups in total. The molecule has 0 aliphatic carbocycles.